The Morgan fingerprint density at radius 2 is 2.07 bits per heavy atom. The highest BCUT2D eigenvalue weighted by Gasteiger charge is 2.04. The van der Waals surface area contributed by atoms with Gasteiger partial charge in [-0.2, -0.15) is 5.10 Å². The van der Waals surface area contributed by atoms with Crippen molar-refractivity contribution in [2.24, 2.45) is 5.73 Å². The van der Waals surface area contributed by atoms with E-state index in [0.717, 1.165) is 11.3 Å². The van der Waals surface area contributed by atoms with Gasteiger partial charge in [0.05, 0.1) is 17.9 Å². The monoisotopic (exact) mass is 199 g/mol. The number of benzene rings is 1. The second-order valence-corrected chi connectivity index (χ2v) is 3.32. The highest BCUT2D eigenvalue weighted by Crippen LogP contribution is 2.12. The first-order valence-corrected chi connectivity index (χ1v) is 4.79. The van der Waals surface area contributed by atoms with Gasteiger partial charge in [0.25, 0.3) is 0 Å². The molecule has 2 aromatic rings. The summed E-state index contributed by atoms with van der Waals surface area (Å²) in [5.74, 6) is 0. The molecule has 3 heteroatoms. The summed E-state index contributed by atoms with van der Waals surface area (Å²) in [6.45, 7) is 3.66. The number of hydrogen-bond acceptors (Lipinski definition) is 2. The van der Waals surface area contributed by atoms with Crippen LogP contribution in [0.3, 0.4) is 0 Å². The summed E-state index contributed by atoms with van der Waals surface area (Å²) in [6, 6.07) is 9.77. The van der Waals surface area contributed by atoms with Crippen LogP contribution in [-0.2, 0) is 0 Å². The molecule has 0 saturated carbocycles. The van der Waals surface area contributed by atoms with E-state index in [2.05, 4.69) is 11.7 Å². The van der Waals surface area contributed by atoms with Crippen molar-refractivity contribution in [1.82, 2.24) is 9.78 Å². The van der Waals surface area contributed by atoms with Gasteiger partial charge in [0.1, 0.15) is 0 Å². The van der Waals surface area contributed by atoms with Crippen molar-refractivity contribution in [3.63, 3.8) is 0 Å². The first-order chi connectivity index (χ1) is 7.31. The summed E-state index contributed by atoms with van der Waals surface area (Å²) in [7, 11) is 0. The Morgan fingerprint density at radius 1 is 1.33 bits per heavy atom. The zero-order valence-electron chi connectivity index (χ0n) is 8.38. The quantitative estimate of drug-likeness (QED) is 0.769. The average Bonchev–Trinajstić information content (AvgIpc) is 2.78. The van der Waals surface area contributed by atoms with Crippen LogP contribution in [0.5, 0.6) is 0 Å². The summed E-state index contributed by atoms with van der Waals surface area (Å²) in [6.07, 6.45) is 5.38. The topological polar surface area (TPSA) is 43.8 Å². The Labute approximate surface area is 88.8 Å². The van der Waals surface area contributed by atoms with Crippen LogP contribution in [0, 0.1) is 0 Å². The van der Waals surface area contributed by atoms with E-state index >= 15 is 0 Å². The van der Waals surface area contributed by atoms with Crippen molar-refractivity contribution >= 4 is 0 Å². The van der Waals surface area contributed by atoms with Crippen LogP contribution in [0.15, 0.2) is 55.4 Å². The minimum atomic E-state index is -0.150. The van der Waals surface area contributed by atoms with E-state index < -0.39 is 0 Å². The van der Waals surface area contributed by atoms with E-state index in [1.54, 1.807) is 17.0 Å². The van der Waals surface area contributed by atoms with E-state index in [0.29, 0.717) is 0 Å². The van der Waals surface area contributed by atoms with Crippen LogP contribution in [0.2, 0.25) is 0 Å². The zero-order valence-corrected chi connectivity index (χ0v) is 8.38. The predicted molar refractivity (Wildman–Crippen MR) is 60.7 cm³/mol. The van der Waals surface area contributed by atoms with E-state index in [1.165, 1.54) is 0 Å². The minimum Gasteiger partial charge on any atom is -0.321 e. The van der Waals surface area contributed by atoms with Crippen molar-refractivity contribution in [3.8, 4) is 5.69 Å². The van der Waals surface area contributed by atoms with Gasteiger partial charge < -0.3 is 5.73 Å². The maximum absolute atomic E-state index is 5.81. The molecule has 0 saturated heterocycles. The average molecular weight is 199 g/mol. The summed E-state index contributed by atoms with van der Waals surface area (Å²) >= 11 is 0. The molecule has 0 fully saturated rings. The summed E-state index contributed by atoms with van der Waals surface area (Å²) in [4.78, 5) is 0. The zero-order chi connectivity index (χ0) is 10.7. The van der Waals surface area contributed by atoms with E-state index in [4.69, 9.17) is 5.73 Å². The molecule has 1 atom stereocenters. The van der Waals surface area contributed by atoms with Gasteiger partial charge in [0, 0.05) is 11.8 Å². The minimum absolute atomic E-state index is 0.150. The van der Waals surface area contributed by atoms with Crippen LogP contribution in [0.1, 0.15) is 11.6 Å². The van der Waals surface area contributed by atoms with Gasteiger partial charge in [-0.15, -0.1) is 6.58 Å². The molecule has 76 valence electrons. The third kappa shape index (κ3) is 1.97. The fourth-order valence-electron chi connectivity index (χ4n) is 1.37. The van der Waals surface area contributed by atoms with Gasteiger partial charge >= 0.3 is 0 Å². The first kappa shape index (κ1) is 9.68. The number of nitrogens with zero attached hydrogens (tertiary/aromatic N) is 2. The molecule has 2 N–H and O–H groups in total. The van der Waals surface area contributed by atoms with E-state index in [-0.39, 0.29) is 6.04 Å². The Bertz CT molecular complexity index is 445. The second-order valence-electron chi connectivity index (χ2n) is 3.32. The molecule has 0 aliphatic heterocycles. The summed E-state index contributed by atoms with van der Waals surface area (Å²) < 4.78 is 1.80. The van der Waals surface area contributed by atoms with Crippen molar-refractivity contribution < 1.29 is 0 Å². The van der Waals surface area contributed by atoms with E-state index in [1.807, 2.05) is 36.5 Å². The van der Waals surface area contributed by atoms with Crippen molar-refractivity contribution in [3.05, 3.63) is 60.9 Å². The molecule has 15 heavy (non-hydrogen) atoms. The molecule has 3 nitrogen and oxygen atoms in total. The van der Waals surface area contributed by atoms with Crippen LogP contribution in [0.4, 0.5) is 0 Å². The van der Waals surface area contributed by atoms with Gasteiger partial charge in [0.2, 0.25) is 0 Å². The highest BCUT2D eigenvalue weighted by atomic mass is 15.3. The molecule has 1 unspecified atom stereocenters. The standard InChI is InChI=1S/C12H13N3/c1-2-12(13)10-8-14-15(9-10)11-6-4-3-5-7-11/h2-9,12H,1,13H2. The van der Waals surface area contributed by atoms with Gasteiger partial charge in [0.15, 0.2) is 0 Å². The van der Waals surface area contributed by atoms with Crippen LogP contribution in [0.25, 0.3) is 5.69 Å². The van der Waals surface area contributed by atoms with Crippen LogP contribution in [-0.4, -0.2) is 9.78 Å². The maximum atomic E-state index is 5.81. The Kier molecular flexibility index (Phi) is 2.65. The maximum Gasteiger partial charge on any atom is 0.0645 e. The van der Waals surface area contributed by atoms with E-state index in [9.17, 15) is 0 Å². The molecule has 0 radical (unpaired) electrons. The molecule has 0 amide bonds. The number of rotatable bonds is 3. The van der Waals surface area contributed by atoms with Gasteiger partial charge in [-0.1, -0.05) is 24.3 Å². The lowest BCUT2D eigenvalue weighted by molar-refractivity contribution is 0.875. The number of para-hydroxylation sites is 1. The summed E-state index contributed by atoms with van der Waals surface area (Å²) in [5.41, 5.74) is 7.81. The molecule has 1 aromatic carbocycles. The van der Waals surface area contributed by atoms with Crippen molar-refractivity contribution in [2.75, 3.05) is 0 Å². The second kappa shape index (κ2) is 4.11. The largest absolute Gasteiger partial charge is 0.321 e. The van der Waals surface area contributed by atoms with Crippen molar-refractivity contribution in [1.29, 1.82) is 0 Å². The molecule has 0 aliphatic carbocycles. The third-order valence-corrected chi connectivity index (χ3v) is 2.26. The number of hydrogen-bond donors (Lipinski definition) is 1. The van der Waals surface area contributed by atoms with Crippen LogP contribution >= 0.6 is 0 Å². The lowest BCUT2D eigenvalue weighted by Crippen LogP contribution is -2.04. The molecule has 2 rings (SSSR count). The normalized spacial score (nSPS) is 12.3. The summed E-state index contributed by atoms with van der Waals surface area (Å²) in [5, 5.41) is 4.24. The number of aromatic nitrogens is 2. The number of nitrogens with two attached hydrogens (primary N) is 1. The molecule has 1 heterocycles. The Balaban J connectivity index is 2.32. The third-order valence-electron chi connectivity index (χ3n) is 2.26. The molecule has 0 aliphatic rings. The molecule has 0 spiro atoms. The van der Waals surface area contributed by atoms with Gasteiger partial charge in [-0.25, -0.2) is 4.68 Å². The first-order valence-electron chi connectivity index (χ1n) is 4.79. The molecular formula is C12H13N3. The molecular weight excluding hydrogens is 186 g/mol. The fourth-order valence-corrected chi connectivity index (χ4v) is 1.37. The molecule has 1 aromatic heterocycles. The Morgan fingerprint density at radius 3 is 2.73 bits per heavy atom. The highest BCUT2D eigenvalue weighted by molar-refractivity contribution is 5.31. The van der Waals surface area contributed by atoms with Gasteiger partial charge in [-0.3, -0.25) is 0 Å². The SMILES string of the molecule is C=CC(N)c1cnn(-c2ccccc2)c1. The van der Waals surface area contributed by atoms with Crippen LogP contribution < -0.4 is 5.73 Å². The fraction of sp³-hybridized carbons (Fsp3) is 0.0833. The predicted octanol–water partition coefficient (Wildman–Crippen LogP) is 2.06. The lowest BCUT2D eigenvalue weighted by atomic mass is 10.2. The Hall–Kier alpha value is -1.87. The van der Waals surface area contributed by atoms with Gasteiger partial charge in [-0.05, 0) is 12.1 Å². The lowest BCUT2D eigenvalue weighted by Gasteiger charge is -2.01. The van der Waals surface area contributed by atoms with Crippen molar-refractivity contribution in [2.45, 2.75) is 6.04 Å². The molecule has 0 bridgehead atoms. The smallest absolute Gasteiger partial charge is 0.0645 e.